The first-order valence-electron chi connectivity index (χ1n) is 7.68. The lowest BCUT2D eigenvalue weighted by atomic mass is 9.93. The van der Waals surface area contributed by atoms with Gasteiger partial charge in [0.05, 0.1) is 0 Å². The first-order valence-corrected chi connectivity index (χ1v) is 8.06. The third-order valence-corrected chi connectivity index (χ3v) is 4.38. The Morgan fingerprint density at radius 1 is 1.36 bits per heavy atom. The van der Waals surface area contributed by atoms with Crippen LogP contribution in [0.15, 0.2) is 18.2 Å². The standard InChI is InChI=1S/C16H23ClF2N2O/c1-20-7-4-12-5-8-21(9-6-12)11-13-10-14(17)2-3-15(13)22-16(18)19/h2-3,10,12,16,20H,4-9,11H2,1H3. The van der Waals surface area contributed by atoms with Gasteiger partial charge in [0.1, 0.15) is 5.75 Å². The Balaban J connectivity index is 1.92. The summed E-state index contributed by atoms with van der Waals surface area (Å²) < 4.78 is 29.5. The van der Waals surface area contributed by atoms with Gasteiger partial charge in [-0.3, -0.25) is 4.90 Å². The smallest absolute Gasteiger partial charge is 0.387 e. The minimum absolute atomic E-state index is 0.219. The zero-order valence-electron chi connectivity index (χ0n) is 12.8. The molecule has 0 aromatic heterocycles. The molecular weight excluding hydrogens is 310 g/mol. The zero-order valence-corrected chi connectivity index (χ0v) is 13.6. The van der Waals surface area contributed by atoms with Gasteiger partial charge in [-0.15, -0.1) is 0 Å². The molecule has 1 aliphatic rings. The van der Waals surface area contributed by atoms with Crippen LogP contribution in [0.4, 0.5) is 8.78 Å². The average Bonchev–Trinajstić information content (AvgIpc) is 2.49. The van der Waals surface area contributed by atoms with Gasteiger partial charge in [0, 0.05) is 17.1 Å². The Morgan fingerprint density at radius 3 is 2.73 bits per heavy atom. The third-order valence-electron chi connectivity index (χ3n) is 4.14. The lowest BCUT2D eigenvalue weighted by Crippen LogP contribution is -2.34. The normalized spacial score (nSPS) is 17.1. The van der Waals surface area contributed by atoms with Crippen molar-refractivity contribution < 1.29 is 13.5 Å². The van der Waals surface area contributed by atoms with Crippen molar-refractivity contribution in [2.24, 2.45) is 5.92 Å². The number of piperidine rings is 1. The Hall–Kier alpha value is -0.910. The quantitative estimate of drug-likeness (QED) is 0.822. The van der Waals surface area contributed by atoms with E-state index in [1.54, 1.807) is 12.1 Å². The maximum atomic E-state index is 12.5. The Morgan fingerprint density at radius 2 is 2.09 bits per heavy atom. The highest BCUT2D eigenvalue weighted by Crippen LogP contribution is 2.28. The molecule has 2 rings (SSSR count). The minimum Gasteiger partial charge on any atom is -0.434 e. The predicted molar refractivity (Wildman–Crippen MR) is 84.6 cm³/mol. The van der Waals surface area contributed by atoms with Crippen molar-refractivity contribution in [1.82, 2.24) is 10.2 Å². The number of benzene rings is 1. The molecule has 0 aliphatic carbocycles. The molecule has 22 heavy (non-hydrogen) atoms. The molecule has 0 radical (unpaired) electrons. The Kier molecular flexibility index (Phi) is 6.86. The van der Waals surface area contributed by atoms with Gasteiger partial charge >= 0.3 is 6.61 Å². The highest BCUT2D eigenvalue weighted by atomic mass is 35.5. The monoisotopic (exact) mass is 332 g/mol. The maximum Gasteiger partial charge on any atom is 0.387 e. The number of nitrogens with one attached hydrogen (secondary N) is 1. The molecule has 0 amide bonds. The van der Waals surface area contributed by atoms with Crippen LogP contribution in [0, 0.1) is 5.92 Å². The van der Waals surface area contributed by atoms with Crippen molar-refractivity contribution in [3.8, 4) is 5.75 Å². The molecule has 1 heterocycles. The van der Waals surface area contributed by atoms with E-state index in [-0.39, 0.29) is 5.75 Å². The molecule has 0 unspecified atom stereocenters. The molecule has 124 valence electrons. The fourth-order valence-electron chi connectivity index (χ4n) is 2.91. The van der Waals surface area contributed by atoms with Crippen LogP contribution in [-0.4, -0.2) is 38.2 Å². The van der Waals surface area contributed by atoms with Crippen molar-refractivity contribution >= 4 is 11.6 Å². The maximum absolute atomic E-state index is 12.5. The minimum atomic E-state index is -2.81. The van der Waals surface area contributed by atoms with E-state index in [1.165, 1.54) is 12.5 Å². The summed E-state index contributed by atoms with van der Waals surface area (Å²) in [5.41, 5.74) is 0.724. The van der Waals surface area contributed by atoms with E-state index in [0.29, 0.717) is 11.6 Å². The summed E-state index contributed by atoms with van der Waals surface area (Å²) in [7, 11) is 1.97. The van der Waals surface area contributed by atoms with Crippen LogP contribution in [0.1, 0.15) is 24.8 Å². The van der Waals surface area contributed by atoms with Crippen LogP contribution in [0.3, 0.4) is 0 Å². The van der Waals surface area contributed by atoms with Gasteiger partial charge in [-0.25, -0.2) is 0 Å². The number of alkyl halides is 2. The van der Waals surface area contributed by atoms with E-state index in [2.05, 4.69) is 15.0 Å². The second-order valence-electron chi connectivity index (χ2n) is 5.74. The second-order valence-corrected chi connectivity index (χ2v) is 6.18. The molecule has 1 aromatic rings. The summed E-state index contributed by atoms with van der Waals surface area (Å²) in [6, 6.07) is 4.81. The van der Waals surface area contributed by atoms with Gasteiger partial charge in [0.2, 0.25) is 0 Å². The fourth-order valence-corrected chi connectivity index (χ4v) is 3.10. The Labute approximate surface area is 135 Å². The molecule has 0 atom stereocenters. The van der Waals surface area contributed by atoms with Gasteiger partial charge in [0.15, 0.2) is 0 Å². The van der Waals surface area contributed by atoms with E-state index < -0.39 is 6.61 Å². The predicted octanol–water partition coefficient (Wildman–Crippen LogP) is 3.76. The molecule has 0 saturated carbocycles. The van der Waals surface area contributed by atoms with Crippen LogP contribution in [0.2, 0.25) is 5.02 Å². The SMILES string of the molecule is CNCCC1CCN(Cc2cc(Cl)ccc2OC(F)F)CC1. The number of halogens is 3. The number of hydrogen-bond donors (Lipinski definition) is 1. The van der Waals surface area contributed by atoms with E-state index in [9.17, 15) is 8.78 Å². The van der Waals surface area contributed by atoms with Gasteiger partial charge in [-0.1, -0.05) is 11.6 Å². The molecule has 1 aromatic carbocycles. The molecule has 1 saturated heterocycles. The van der Waals surface area contributed by atoms with Crippen molar-refractivity contribution in [2.45, 2.75) is 32.4 Å². The molecule has 6 heteroatoms. The largest absolute Gasteiger partial charge is 0.434 e. The van der Waals surface area contributed by atoms with Gasteiger partial charge in [0.25, 0.3) is 0 Å². The summed E-state index contributed by atoms with van der Waals surface area (Å²) in [5, 5.41) is 3.72. The molecule has 1 aliphatic heterocycles. The summed E-state index contributed by atoms with van der Waals surface area (Å²) in [4.78, 5) is 2.28. The average molecular weight is 333 g/mol. The van der Waals surface area contributed by atoms with Gasteiger partial charge in [-0.2, -0.15) is 8.78 Å². The molecule has 3 nitrogen and oxygen atoms in total. The van der Waals surface area contributed by atoms with Crippen molar-refractivity contribution in [3.63, 3.8) is 0 Å². The summed E-state index contributed by atoms with van der Waals surface area (Å²) in [6.07, 6.45) is 3.49. The van der Waals surface area contributed by atoms with Gasteiger partial charge < -0.3 is 10.1 Å². The number of likely N-dealkylation sites (tertiary alicyclic amines) is 1. The molecule has 1 fully saturated rings. The number of hydrogen-bond acceptors (Lipinski definition) is 3. The topological polar surface area (TPSA) is 24.5 Å². The Bertz CT molecular complexity index is 465. The third kappa shape index (κ3) is 5.38. The van der Waals surface area contributed by atoms with E-state index in [0.717, 1.165) is 44.0 Å². The molecule has 0 spiro atoms. The van der Waals surface area contributed by atoms with Crippen LogP contribution < -0.4 is 10.1 Å². The number of ether oxygens (including phenoxy) is 1. The van der Waals surface area contributed by atoms with Crippen molar-refractivity contribution in [2.75, 3.05) is 26.7 Å². The second kappa shape index (κ2) is 8.65. The molecular formula is C16H23ClF2N2O. The number of nitrogens with zero attached hydrogens (tertiary/aromatic N) is 1. The van der Waals surface area contributed by atoms with E-state index in [4.69, 9.17) is 11.6 Å². The summed E-state index contributed by atoms with van der Waals surface area (Å²) >= 11 is 5.98. The molecule has 1 N–H and O–H groups in total. The van der Waals surface area contributed by atoms with E-state index >= 15 is 0 Å². The molecule has 0 bridgehead atoms. The van der Waals surface area contributed by atoms with Crippen LogP contribution in [-0.2, 0) is 6.54 Å². The summed E-state index contributed by atoms with van der Waals surface area (Å²) in [6.45, 7) is 0.795. The first-order chi connectivity index (χ1) is 10.6. The van der Waals surface area contributed by atoms with Crippen molar-refractivity contribution in [1.29, 1.82) is 0 Å². The van der Waals surface area contributed by atoms with Crippen molar-refractivity contribution in [3.05, 3.63) is 28.8 Å². The highest BCUT2D eigenvalue weighted by Gasteiger charge is 2.20. The van der Waals surface area contributed by atoms with Gasteiger partial charge in [-0.05, 0) is 70.1 Å². The lowest BCUT2D eigenvalue weighted by Gasteiger charge is -2.32. The fraction of sp³-hybridized carbons (Fsp3) is 0.625. The zero-order chi connectivity index (χ0) is 15.9. The van der Waals surface area contributed by atoms with E-state index in [1.807, 2.05) is 7.05 Å². The van der Waals surface area contributed by atoms with Crippen LogP contribution in [0.25, 0.3) is 0 Å². The summed E-state index contributed by atoms with van der Waals surface area (Å²) in [5.74, 6) is 0.969. The van der Waals surface area contributed by atoms with Crippen LogP contribution >= 0.6 is 11.6 Å². The van der Waals surface area contributed by atoms with Crippen LogP contribution in [0.5, 0.6) is 5.75 Å². The first kappa shape index (κ1) is 17.4. The lowest BCUT2D eigenvalue weighted by molar-refractivity contribution is -0.0508. The highest BCUT2D eigenvalue weighted by molar-refractivity contribution is 6.30. The number of rotatable bonds is 7.